The number of imidazole rings is 1. The lowest BCUT2D eigenvalue weighted by Crippen LogP contribution is -2.18. The van der Waals surface area contributed by atoms with Crippen molar-refractivity contribution < 1.29 is 0 Å². The Morgan fingerprint density at radius 2 is 2.35 bits per heavy atom. The molecule has 2 aromatic heterocycles. The molecule has 0 amide bonds. The molecule has 2 rings (SSSR count). The molecule has 1 N–H and O–H groups in total. The Labute approximate surface area is 107 Å². The summed E-state index contributed by atoms with van der Waals surface area (Å²) in [5, 5.41) is 5.66. The minimum Gasteiger partial charge on any atom is -0.338 e. The number of rotatable bonds is 6. The first-order valence-electron chi connectivity index (χ1n) is 6.03. The standard InChI is InChI=1S/C13H19N3S/c1-3-11-5-9-17-12(11)10-14-6-4-13-15-7-8-16(13)2/h5,7-9,14H,3-4,6,10H2,1-2H3. The molecule has 3 nitrogen and oxygen atoms in total. The lowest BCUT2D eigenvalue weighted by atomic mass is 10.2. The molecule has 0 unspecified atom stereocenters. The minimum atomic E-state index is 0.977. The van der Waals surface area contributed by atoms with E-state index < -0.39 is 0 Å². The highest BCUT2D eigenvalue weighted by Crippen LogP contribution is 2.16. The maximum atomic E-state index is 4.31. The van der Waals surface area contributed by atoms with Crippen LogP contribution >= 0.6 is 11.3 Å². The quantitative estimate of drug-likeness (QED) is 0.797. The Morgan fingerprint density at radius 1 is 1.47 bits per heavy atom. The first kappa shape index (κ1) is 12.3. The van der Waals surface area contributed by atoms with Crippen LogP contribution in [0.1, 0.15) is 23.2 Å². The van der Waals surface area contributed by atoms with Crippen LogP contribution in [0.5, 0.6) is 0 Å². The Balaban J connectivity index is 1.75. The Morgan fingerprint density at radius 3 is 3.06 bits per heavy atom. The van der Waals surface area contributed by atoms with Crippen LogP contribution in [0.4, 0.5) is 0 Å². The summed E-state index contributed by atoms with van der Waals surface area (Å²) in [7, 11) is 2.04. The zero-order chi connectivity index (χ0) is 12.1. The predicted molar refractivity (Wildman–Crippen MR) is 72.3 cm³/mol. The summed E-state index contributed by atoms with van der Waals surface area (Å²) in [4.78, 5) is 5.77. The smallest absolute Gasteiger partial charge is 0.109 e. The van der Waals surface area contributed by atoms with Gasteiger partial charge in [-0.25, -0.2) is 4.98 Å². The highest BCUT2D eigenvalue weighted by atomic mass is 32.1. The zero-order valence-electron chi connectivity index (χ0n) is 10.4. The van der Waals surface area contributed by atoms with Gasteiger partial charge >= 0.3 is 0 Å². The summed E-state index contributed by atoms with van der Waals surface area (Å²) in [6, 6.07) is 2.22. The Bertz CT molecular complexity index is 459. The highest BCUT2D eigenvalue weighted by molar-refractivity contribution is 7.10. The van der Waals surface area contributed by atoms with E-state index in [2.05, 4.69) is 33.2 Å². The molecule has 4 heteroatoms. The van der Waals surface area contributed by atoms with Crippen LogP contribution in [0.25, 0.3) is 0 Å². The summed E-state index contributed by atoms with van der Waals surface area (Å²) < 4.78 is 2.07. The van der Waals surface area contributed by atoms with Gasteiger partial charge in [0.1, 0.15) is 5.82 Å². The van der Waals surface area contributed by atoms with Crippen molar-refractivity contribution in [1.82, 2.24) is 14.9 Å². The fourth-order valence-electron chi connectivity index (χ4n) is 1.88. The topological polar surface area (TPSA) is 29.9 Å². The van der Waals surface area contributed by atoms with Crippen LogP contribution in [0.2, 0.25) is 0 Å². The molecule has 0 aliphatic heterocycles. The molecule has 0 radical (unpaired) electrons. The number of nitrogens with zero attached hydrogens (tertiary/aromatic N) is 2. The first-order valence-corrected chi connectivity index (χ1v) is 6.91. The number of hydrogen-bond donors (Lipinski definition) is 1. The van der Waals surface area contributed by atoms with Crippen LogP contribution in [0.15, 0.2) is 23.8 Å². The van der Waals surface area contributed by atoms with Crippen molar-refractivity contribution in [2.45, 2.75) is 26.3 Å². The summed E-state index contributed by atoms with van der Waals surface area (Å²) in [5.41, 5.74) is 1.47. The van der Waals surface area contributed by atoms with Crippen molar-refractivity contribution in [2.24, 2.45) is 7.05 Å². The van der Waals surface area contributed by atoms with Crippen LogP contribution in [-0.4, -0.2) is 16.1 Å². The van der Waals surface area contributed by atoms with E-state index in [1.807, 2.05) is 30.8 Å². The van der Waals surface area contributed by atoms with Crippen molar-refractivity contribution in [3.05, 3.63) is 40.1 Å². The van der Waals surface area contributed by atoms with E-state index in [0.29, 0.717) is 0 Å². The van der Waals surface area contributed by atoms with E-state index in [1.165, 1.54) is 10.4 Å². The molecule has 0 saturated carbocycles. The largest absolute Gasteiger partial charge is 0.338 e. The van der Waals surface area contributed by atoms with E-state index in [4.69, 9.17) is 0 Å². The van der Waals surface area contributed by atoms with Gasteiger partial charge in [-0.05, 0) is 23.4 Å². The van der Waals surface area contributed by atoms with Crippen LogP contribution in [0, 0.1) is 0 Å². The first-order chi connectivity index (χ1) is 8.31. The molecular weight excluding hydrogens is 230 g/mol. The molecule has 0 spiro atoms. The van der Waals surface area contributed by atoms with Crippen LogP contribution < -0.4 is 5.32 Å². The number of aromatic nitrogens is 2. The lowest BCUT2D eigenvalue weighted by Gasteiger charge is -2.05. The van der Waals surface area contributed by atoms with E-state index >= 15 is 0 Å². The molecule has 0 atom stereocenters. The van der Waals surface area contributed by atoms with Gasteiger partial charge in [-0.15, -0.1) is 11.3 Å². The number of hydrogen-bond acceptors (Lipinski definition) is 3. The fourth-order valence-corrected chi connectivity index (χ4v) is 2.82. The molecule has 17 heavy (non-hydrogen) atoms. The molecule has 0 aliphatic carbocycles. The highest BCUT2D eigenvalue weighted by Gasteiger charge is 2.02. The van der Waals surface area contributed by atoms with Gasteiger partial charge in [0.05, 0.1) is 0 Å². The Kier molecular flexibility index (Phi) is 4.34. The van der Waals surface area contributed by atoms with Crippen molar-refractivity contribution in [2.75, 3.05) is 6.54 Å². The lowest BCUT2D eigenvalue weighted by molar-refractivity contribution is 0.657. The fraction of sp³-hybridized carbons (Fsp3) is 0.462. The van der Waals surface area contributed by atoms with E-state index in [0.717, 1.165) is 31.8 Å². The maximum absolute atomic E-state index is 4.31. The third-order valence-electron chi connectivity index (χ3n) is 2.95. The molecule has 2 heterocycles. The van der Waals surface area contributed by atoms with Gasteiger partial charge < -0.3 is 9.88 Å². The summed E-state index contributed by atoms with van der Waals surface area (Å²) >= 11 is 1.84. The van der Waals surface area contributed by atoms with E-state index in [9.17, 15) is 0 Å². The van der Waals surface area contributed by atoms with Gasteiger partial charge in [0.25, 0.3) is 0 Å². The van der Waals surface area contributed by atoms with Crippen molar-refractivity contribution >= 4 is 11.3 Å². The number of thiophene rings is 1. The third-order valence-corrected chi connectivity index (χ3v) is 3.91. The molecule has 0 fully saturated rings. The van der Waals surface area contributed by atoms with Gasteiger partial charge in [-0.1, -0.05) is 6.92 Å². The van der Waals surface area contributed by atoms with Crippen molar-refractivity contribution in [1.29, 1.82) is 0 Å². The molecule has 0 aromatic carbocycles. The summed E-state index contributed by atoms with van der Waals surface area (Å²) in [6.07, 6.45) is 5.95. The second kappa shape index (κ2) is 5.98. The predicted octanol–water partition coefficient (Wildman–Crippen LogP) is 2.38. The average molecular weight is 249 g/mol. The van der Waals surface area contributed by atoms with Gasteiger partial charge in [-0.3, -0.25) is 0 Å². The molecule has 0 bridgehead atoms. The van der Waals surface area contributed by atoms with Gasteiger partial charge in [0, 0.05) is 43.8 Å². The van der Waals surface area contributed by atoms with Gasteiger partial charge in [-0.2, -0.15) is 0 Å². The summed E-state index contributed by atoms with van der Waals surface area (Å²) in [6.45, 7) is 4.16. The van der Waals surface area contributed by atoms with E-state index in [1.54, 1.807) is 0 Å². The SMILES string of the molecule is CCc1ccsc1CNCCc1nccn1C. The molecule has 0 saturated heterocycles. The zero-order valence-corrected chi connectivity index (χ0v) is 11.3. The third kappa shape index (κ3) is 3.17. The summed E-state index contributed by atoms with van der Waals surface area (Å²) in [5.74, 6) is 1.14. The second-order valence-electron chi connectivity index (χ2n) is 4.10. The van der Waals surface area contributed by atoms with Crippen LogP contribution in [-0.2, 0) is 26.4 Å². The monoisotopic (exact) mass is 249 g/mol. The number of aryl methyl sites for hydroxylation is 2. The van der Waals surface area contributed by atoms with Gasteiger partial charge in [0.15, 0.2) is 0 Å². The van der Waals surface area contributed by atoms with Crippen molar-refractivity contribution in [3.63, 3.8) is 0 Å². The molecule has 2 aromatic rings. The normalized spacial score (nSPS) is 10.9. The maximum Gasteiger partial charge on any atom is 0.109 e. The molecular formula is C13H19N3S. The average Bonchev–Trinajstić information content (AvgIpc) is 2.93. The molecule has 92 valence electrons. The molecule has 0 aliphatic rings. The van der Waals surface area contributed by atoms with Crippen LogP contribution in [0.3, 0.4) is 0 Å². The minimum absolute atomic E-state index is 0.977. The Hall–Kier alpha value is -1.13. The van der Waals surface area contributed by atoms with Gasteiger partial charge in [0.2, 0.25) is 0 Å². The second-order valence-corrected chi connectivity index (χ2v) is 5.10. The van der Waals surface area contributed by atoms with E-state index in [-0.39, 0.29) is 0 Å². The number of nitrogens with one attached hydrogen (secondary N) is 1. The van der Waals surface area contributed by atoms with Crippen molar-refractivity contribution in [3.8, 4) is 0 Å².